The lowest BCUT2D eigenvalue weighted by Gasteiger charge is -2.08. The average Bonchev–Trinajstić information content (AvgIpc) is 3.06. The molecule has 0 atom stereocenters. The number of carbonyl (C=O) groups is 1. The fraction of sp³-hybridized carbons (Fsp3) is 0.0588. The van der Waals surface area contributed by atoms with Gasteiger partial charge in [0, 0.05) is 11.2 Å². The van der Waals surface area contributed by atoms with Gasteiger partial charge in [-0.3, -0.25) is 4.79 Å². The summed E-state index contributed by atoms with van der Waals surface area (Å²) in [4.78, 5) is 12.2. The van der Waals surface area contributed by atoms with Gasteiger partial charge in [0.15, 0.2) is 12.4 Å². The maximum Gasteiger partial charge on any atom is 0.276 e. The van der Waals surface area contributed by atoms with Crippen molar-refractivity contribution in [1.82, 2.24) is 9.78 Å². The van der Waals surface area contributed by atoms with E-state index in [4.69, 9.17) is 27.9 Å². The Hall–Kier alpha value is -2.70. The van der Waals surface area contributed by atoms with Gasteiger partial charge in [0.25, 0.3) is 5.91 Å². The first-order valence-corrected chi connectivity index (χ1v) is 7.99. The SMILES string of the molecule is O=C(Nc1cc(Cl)ccc1O)c1ccn(COc2ccccc2Cl)n1. The second-order valence-electron chi connectivity index (χ2n) is 5.06. The molecule has 1 aromatic heterocycles. The van der Waals surface area contributed by atoms with Gasteiger partial charge in [0.2, 0.25) is 0 Å². The highest BCUT2D eigenvalue weighted by molar-refractivity contribution is 6.32. The third-order valence-electron chi connectivity index (χ3n) is 3.27. The standard InChI is InChI=1S/C17H13Cl2N3O3/c18-11-5-6-15(23)14(9-11)20-17(24)13-7-8-22(21-13)10-25-16-4-2-1-3-12(16)19/h1-9,23H,10H2,(H,20,24). The lowest BCUT2D eigenvalue weighted by atomic mass is 10.3. The van der Waals surface area contributed by atoms with E-state index in [0.29, 0.717) is 15.8 Å². The molecular weight excluding hydrogens is 365 g/mol. The van der Waals surface area contributed by atoms with E-state index in [1.807, 2.05) is 0 Å². The van der Waals surface area contributed by atoms with Crippen LogP contribution in [0.5, 0.6) is 11.5 Å². The number of phenolic OH excluding ortho intramolecular Hbond substituents is 1. The lowest BCUT2D eigenvalue weighted by molar-refractivity contribution is 0.102. The molecule has 3 rings (SSSR count). The van der Waals surface area contributed by atoms with Crippen molar-refractivity contribution in [3.63, 3.8) is 0 Å². The largest absolute Gasteiger partial charge is 0.506 e. The molecule has 0 saturated heterocycles. The number of benzene rings is 2. The number of hydrogen-bond acceptors (Lipinski definition) is 4. The third kappa shape index (κ3) is 4.23. The molecule has 0 spiro atoms. The molecule has 128 valence electrons. The highest BCUT2D eigenvalue weighted by atomic mass is 35.5. The van der Waals surface area contributed by atoms with Crippen molar-refractivity contribution >= 4 is 34.8 Å². The molecule has 2 aromatic carbocycles. The zero-order chi connectivity index (χ0) is 17.8. The number of aromatic hydroxyl groups is 1. The molecule has 2 N–H and O–H groups in total. The second kappa shape index (κ2) is 7.46. The molecule has 0 aliphatic carbocycles. The van der Waals surface area contributed by atoms with Crippen molar-refractivity contribution in [2.75, 3.05) is 5.32 Å². The number of amides is 1. The van der Waals surface area contributed by atoms with Gasteiger partial charge in [-0.15, -0.1) is 0 Å². The number of ether oxygens (including phenoxy) is 1. The number of aromatic nitrogens is 2. The summed E-state index contributed by atoms with van der Waals surface area (Å²) in [6.45, 7) is 0.0967. The van der Waals surface area contributed by atoms with E-state index in [1.165, 1.54) is 28.9 Å². The number of rotatable bonds is 5. The van der Waals surface area contributed by atoms with Gasteiger partial charge in [-0.1, -0.05) is 35.3 Å². The molecule has 25 heavy (non-hydrogen) atoms. The number of hydrogen-bond donors (Lipinski definition) is 2. The summed E-state index contributed by atoms with van der Waals surface area (Å²) >= 11 is 11.9. The van der Waals surface area contributed by atoms with E-state index in [0.717, 1.165) is 0 Å². The summed E-state index contributed by atoms with van der Waals surface area (Å²) in [6, 6.07) is 13.0. The van der Waals surface area contributed by atoms with Gasteiger partial charge in [-0.2, -0.15) is 5.10 Å². The van der Waals surface area contributed by atoms with E-state index >= 15 is 0 Å². The predicted octanol–water partition coefficient (Wildman–Crippen LogP) is 4.18. The Kier molecular flexibility index (Phi) is 5.11. The zero-order valence-electron chi connectivity index (χ0n) is 12.8. The van der Waals surface area contributed by atoms with Crippen molar-refractivity contribution in [1.29, 1.82) is 0 Å². The number of nitrogens with zero attached hydrogens (tertiary/aromatic N) is 2. The first-order chi connectivity index (χ1) is 12.0. The molecule has 3 aromatic rings. The topological polar surface area (TPSA) is 76.4 Å². The Morgan fingerprint density at radius 3 is 2.80 bits per heavy atom. The minimum Gasteiger partial charge on any atom is -0.506 e. The fourth-order valence-corrected chi connectivity index (χ4v) is 2.41. The van der Waals surface area contributed by atoms with Gasteiger partial charge in [-0.25, -0.2) is 4.68 Å². The van der Waals surface area contributed by atoms with Crippen LogP contribution in [0.3, 0.4) is 0 Å². The van der Waals surface area contributed by atoms with E-state index < -0.39 is 5.91 Å². The number of halogens is 2. The second-order valence-corrected chi connectivity index (χ2v) is 5.90. The Balaban J connectivity index is 1.65. The number of anilines is 1. The number of carbonyl (C=O) groups excluding carboxylic acids is 1. The molecule has 0 aliphatic rings. The summed E-state index contributed by atoms with van der Waals surface area (Å²) in [6.07, 6.45) is 1.60. The molecule has 8 heteroatoms. The minimum absolute atomic E-state index is 0.0840. The quantitative estimate of drug-likeness (QED) is 0.653. The van der Waals surface area contributed by atoms with E-state index in [9.17, 15) is 9.90 Å². The summed E-state index contributed by atoms with van der Waals surface area (Å²) in [5.74, 6) is -0.0391. The van der Waals surface area contributed by atoms with Crippen molar-refractivity contribution < 1.29 is 14.6 Å². The van der Waals surface area contributed by atoms with E-state index in [2.05, 4.69) is 10.4 Å². The molecule has 0 aliphatic heterocycles. The first kappa shape index (κ1) is 17.1. The molecule has 6 nitrogen and oxygen atoms in total. The maximum atomic E-state index is 12.2. The molecule has 1 heterocycles. The first-order valence-electron chi connectivity index (χ1n) is 7.23. The summed E-state index contributed by atoms with van der Waals surface area (Å²) in [5.41, 5.74) is 0.376. The maximum absolute atomic E-state index is 12.2. The third-order valence-corrected chi connectivity index (χ3v) is 3.82. The van der Waals surface area contributed by atoms with E-state index in [-0.39, 0.29) is 23.9 Å². The smallest absolute Gasteiger partial charge is 0.276 e. The highest BCUT2D eigenvalue weighted by Crippen LogP contribution is 2.27. The van der Waals surface area contributed by atoms with Crippen molar-refractivity contribution in [2.45, 2.75) is 6.73 Å². The van der Waals surface area contributed by atoms with Crippen LogP contribution in [0.25, 0.3) is 0 Å². The van der Waals surface area contributed by atoms with Crippen LogP contribution >= 0.6 is 23.2 Å². The Labute approximate surface area is 153 Å². The van der Waals surface area contributed by atoms with Crippen molar-refractivity contribution in [2.24, 2.45) is 0 Å². The molecule has 0 unspecified atom stereocenters. The highest BCUT2D eigenvalue weighted by Gasteiger charge is 2.12. The predicted molar refractivity (Wildman–Crippen MR) is 95.4 cm³/mol. The summed E-state index contributed by atoms with van der Waals surface area (Å²) < 4.78 is 7.00. The van der Waals surface area contributed by atoms with Crippen molar-refractivity contribution in [3.05, 3.63) is 70.5 Å². The molecule has 0 radical (unpaired) electrons. The van der Waals surface area contributed by atoms with Crippen LogP contribution in [0.2, 0.25) is 10.0 Å². The van der Waals surface area contributed by atoms with Crippen molar-refractivity contribution in [3.8, 4) is 11.5 Å². The number of para-hydroxylation sites is 1. The zero-order valence-corrected chi connectivity index (χ0v) is 14.3. The Morgan fingerprint density at radius 2 is 2.00 bits per heavy atom. The Bertz CT molecular complexity index is 912. The van der Waals surface area contributed by atoms with Crippen LogP contribution in [0.15, 0.2) is 54.7 Å². The molecule has 0 saturated carbocycles. The van der Waals surface area contributed by atoms with Gasteiger partial charge < -0.3 is 15.2 Å². The van der Waals surface area contributed by atoms with Gasteiger partial charge >= 0.3 is 0 Å². The monoisotopic (exact) mass is 377 g/mol. The molecule has 0 bridgehead atoms. The van der Waals surface area contributed by atoms with Crippen LogP contribution in [0.4, 0.5) is 5.69 Å². The summed E-state index contributed by atoms with van der Waals surface area (Å²) in [5, 5.41) is 17.3. The molecule has 1 amide bonds. The minimum atomic E-state index is -0.478. The fourth-order valence-electron chi connectivity index (χ4n) is 2.05. The van der Waals surface area contributed by atoms with Crippen LogP contribution < -0.4 is 10.1 Å². The van der Waals surface area contributed by atoms with Gasteiger partial charge in [0.05, 0.1) is 10.7 Å². The van der Waals surface area contributed by atoms with E-state index in [1.54, 1.807) is 30.5 Å². The van der Waals surface area contributed by atoms with Crippen LogP contribution in [0.1, 0.15) is 10.5 Å². The normalized spacial score (nSPS) is 10.5. The van der Waals surface area contributed by atoms with Crippen LogP contribution in [-0.4, -0.2) is 20.8 Å². The van der Waals surface area contributed by atoms with Crippen LogP contribution in [0, 0.1) is 0 Å². The average molecular weight is 378 g/mol. The molecule has 0 fully saturated rings. The summed E-state index contributed by atoms with van der Waals surface area (Å²) in [7, 11) is 0. The molecular formula is C17H13Cl2N3O3. The Morgan fingerprint density at radius 1 is 1.20 bits per heavy atom. The van der Waals surface area contributed by atoms with Gasteiger partial charge in [0.1, 0.15) is 11.5 Å². The van der Waals surface area contributed by atoms with Crippen LogP contribution in [-0.2, 0) is 6.73 Å². The lowest BCUT2D eigenvalue weighted by Crippen LogP contribution is -2.14. The number of phenols is 1. The van der Waals surface area contributed by atoms with Gasteiger partial charge in [-0.05, 0) is 36.4 Å². The number of nitrogens with one attached hydrogen (secondary N) is 1.